The molecule has 2 fully saturated rings. The molecule has 1 N–H and O–H groups in total. The number of nitrogens with one attached hydrogen (secondary N) is 1. The first-order valence-electron chi connectivity index (χ1n) is 4.89. The summed E-state index contributed by atoms with van der Waals surface area (Å²) in [6, 6.07) is 0. The molecule has 1 saturated carbocycles. The molecule has 2 amide bonds. The highest BCUT2D eigenvalue weighted by Crippen LogP contribution is 2.58. The van der Waals surface area contributed by atoms with Crippen molar-refractivity contribution in [3.63, 3.8) is 0 Å². The third-order valence-corrected chi connectivity index (χ3v) is 3.28. The highest BCUT2D eigenvalue weighted by atomic mass is 16.2. The molecule has 0 bridgehead atoms. The van der Waals surface area contributed by atoms with Gasteiger partial charge in [-0.2, -0.15) is 0 Å². The third kappa shape index (κ3) is 1.26. The Morgan fingerprint density at radius 3 is 2.46 bits per heavy atom. The number of hydrogen-bond acceptors (Lipinski definition) is 2. The topological polar surface area (TPSA) is 46.2 Å². The van der Waals surface area contributed by atoms with E-state index in [1.165, 1.54) is 0 Å². The summed E-state index contributed by atoms with van der Waals surface area (Å²) in [6.45, 7) is 4.11. The molecule has 0 aromatic heterocycles. The van der Waals surface area contributed by atoms with E-state index in [-0.39, 0.29) is 23.1 Å². The highest BCUT2D eigenvalue weighted by Gasteiger charge is 2.56. The number of carbonyl (C=O) groups excluding carboxylic acids is 2. The predicted octanol–water partition coefficient (Wildman–Crippen LogP) is 1.09. The standard InChI is InChI=1S/C10H15NO2/c1-6(2)8-9(13)11-7(12)5-10(8)3-4-10/h6,8H,3-5H2,1-2H3,(H,11,12,13). The van der Waals surface area contributed by atoms with Crippen molar-refractivity contribution in [2.24, 2.45) is 17.3 Å². The number of amides is 2. The molecule has 0 radical (unpaired) electrons. The summed E-state index contributed by atoms with van der Waals surface area (Å²) >= 11 is 0. The summed E-state index contributed by atoms with van der Waals surface area (Å²) in [5.74, 6) is 0.268. The molecule has 72 valence electrons. The summed E-state index contributed by atoms with van der Waals surface area (Å²) in [4.78, 5) is 22.7. The quantitative estimate of drug-likeness (QED) is 0.615. The van der Waals surface area contributed by atoms with Crippen molar-refractivity contribution in [3.05, 3.63) is 0 Å². The van der Waals surface area contributed by atoms with E-state index in [0.29, 0.717) is 12.3 Å². The molecule has 3 heteroatoms. The first kappa shape index (κ1) is 8.73. The minimum Gasteiger partial charge on any atom is -0.296 e. The van der Waals surface area contributed by atoms with Crippen LogP contribution in [0.15, 0.2) is 0 Å². The summed E-state index contributed by atoms with van der Waals surface area (Å²) < 4.78 is 0. The van der Waals surface area contributed by atoms with E-state index in [1.54, 1.807) is 0 Å². The number of hydrogen-bond donors (Lipinski definition) is 1. The molecule has 1 spiro atoms. The van der Waals surface area contributed by atoms with Gasteiger partial charge in [-0.25, -0.2) is 0 Å². The molecule has 13 heavy (non-hydrogen) atoms. The van der Waals surface area contributed by atoms with Crippen LogP contribution in [0.3, 0.4) is 0 Å². The van der Waals surface area contributed by atoms with Gasteiger partial charge in [-0.15, -0.1) is 0 Å². The van der Waals surface area contributed by atoms with Gasteiger partial charge in [0, 0.05) is 12.3 Å². The van der Waals surface area contributed by atoms with Crippen molar-refractivity contribution < 1.29 is 9.59 Å². The van der Waals surface area contributed by atoms with Gasteiger partial charge in [-0.3, -0.25) is 14.9 Å². The van der Waals surface area contributed by atoms with Crippen LogP contribution in [0.1, 0.15) is 33.1 Å². The molecule has 1 saturated heterocycles. The largest absolute Gasteiger partial charge is 0.296 e. The molecule has 2 rings (SSSR count). The zero-order valence-electron chi connectivity index (χ0n) is 8.09. The lowest BCUT2D eigenvalue weighted by Gasteiger charge is -2.32. The fraction of sp³-hybridized carbons (Fsp3) is 0.800. The average molecular weight is 181 g/mol. The fourth-order valence-corrected chi connectivity index (χ4v) is 2.63. The van der Waals surface area contributed by atoms with Crippen LogP contribution in [0.4, 0.5) is 0 Å². The monoisotopic (exact) mass is 181 g/mol. The third-order valence-electron chi connectivity index (χ3n) is 3.28. The number of imide groups is 1. The van der Waals surface area contributed by atoms with Gasteiger partial charge in [0.15, 0.2) is 0 Å². The summed E-state index contributed by atoms with van der Waals surface area (Å²) in [7, 11) is 0. The molecule has 0 aromatic carbocycles. The predicted molar refractivity (Wildman–Crippen MR) is 47.8 cm³/mol. The normalized spacial score (nSPS) is 30.8. The van der Waals surface area contributed by atoms with Gasteiger partial charge < -0.3 is 0 Å². The van der Waals surface area contributed by atoms with Crippen molar-refractivity contribution in [2.75, 3.05) is 0 Å². The average Bonchev–Trinajstić information content (AvgIpc) is 2.65. The second-order valence-corrected chi connectivity index (χ2v) is 4.67. The molecule has 1 atom stereocenters. The van der Waals surface area contributed by atoms with Crippen LogP contribution in [0.25, 0.3) is 0 Å². The van der Waals surface area contributed by atoms with Crippen LogP contribution in [-0.4, -0.2) is 11.8 Å². The van der Waals surface area contributed by atoms with Crippen LogP contribution in [0.5, 0.6) is 0 Å². The Balaban J connectivity index is 2.24. The van der Waals surface area contributed by atoms with Crippen LogP contribution < -0.4 is 5.32 Å². The van der Waals surface area contributed by atoms with E-state index in [0.717, 1.165) is 12.8 Å². The van der Waals surface area contributed by atoms with Crippen molar-refractivity contribution >= 4 is 11.8 Å². The van der Waals surface area contributed by atoms with E-state index in [2.05, 4.69) is 19.2 Å². The van der Waals surface area contributed by atoms with Gasteiger partial charge in [0.1, 0.15) is 0 Å². The molecule has 0 aromatic rings. The molecular formula is C10H15NO2. The van der Waals surface area contributed by atoms with E-state index in [9.17, 15) is 9.59 Å². The van der Waals surface area contributed by atoms with Gasteiger partial charge in [0.25, 0.3) is 0 Å². The Labute approximate surface area is 77.9 Å². The Morgan fingerprint density at radius 2 is 2.00 bits per heavy atom. The Kier molecular flexibility index (Phi) is 1.72. The first-order valence-corrected chi connectivity index (χ1v) is 4.89. The molecule has 2 aliphatic rings. The lowest BCUT2D eigenvalue weighted by molar-refractivity contribution is -0.141. The van der Waals surface area contributed by atoms with Crippen LogP contribution >= 0.6 is 0 Å². The maximum Gasteiger partial charge on any atom is 0.230 e. The Bertz CT molecular complexity index is 266. The lowest BCUT2D eigenvalue weighted by atomic mass is 9.75. The van der Waals surface area contributed by atoms with Crippen LogP contribution in [0.2, 0.25) is 0 Å². The van der Waals surface area contributed by atoms with E-state index >= 15 is 0 Å². The number of piperidine rings is 1. The Morgan fingerprint density at radius 1 is 1.38 bits per heavy atom. The van der Waals surface area contributed by atoms with Crippen LogP contribution in [-0.2, 0) is 9.59 Å². The maximum absolute atomic E-state index is 11.6. The summed E-state index contributed by atoms with van der Waals surface area (Å²) in [5.41, 5.74) is 0.0492. The number of rotatable bonds is 1. The Hall–Kier alpha value is -0.860. The zero-order chi connectivity index (χ0) is 9.64. The van der Waals surface area contributed by atoms with Gasteiger partial charge in [-0.05, 0) is 24.2 Å². The number of carbonyl (C=O) groups is 2. The van der Waals surface area contributed by atoms with E-state index in [4.69, 9.17) is 0 Å². The highest BCUT2D eigenvalue weighted by molar-refractivity contribution is 6.00. The molecule has 3 nitrogen and oxygen atoms in total. The summed E-state index contributed by atoms with van der Waals surface area (Å²) in [6.07, 6.45) is 2.66. The molecule has 1 aliphatic carbocycles. The molecule has 1 aliphatic heterocycles. The zero-order valence-corrected chi connectivity index (χ0v) is 8.09. The maximum atomic E-state index is 11.6. The van der Waals surface area contributed by atoms with Gasteiger partial charge in [0.05, 0.1) is 0 Å². The smallest absolute Gasteiger partial charge is 0.230 e. The van der Waals surface area contributed by atoms with E-state index in [1.807, 2.05) is 0 Å². The second-order valence-electron chi connectivity index (χ2n) is 4.67. The van der Waals surface area contributed by atoms with E-state index < -0.39 is 0 Å². The van der Waals surface area contributed by atoms with Crippen molar-refractivity contribution in [2.45, 2.75) is 33.1 Å². The minimum atomic E-state index is -0.0839. The second kappa shape index (κ2) is 2.56. The SMILES string of the molecule is CC(C)C1C(=O)NC(=O)CC12CC2. The van der Waals surface area contributed by atoms with Gasteiger partial charge in [-0.1, -0.05) is 13.8 Å². The minimum absolute atomic E-state index is 0.0492. The van der Waals surface area contributed by atoms with Gasteiger partial charge >= 0.3 is 0 Å². The molecule has 1 unspecified atom stereocenters. The van der Waals surface area contributed by atoms with Crippen molar-refractivity contribution in [1.82, 2.24) is 5.32 Å². The fourth-order valence-electron chi connectivity index (χ4n) is 2.63. The van der Waals surface area contributed by atoms with Gasteiger partial charge in [0.2, 0.25) is 11.8 Å². The van der Waals surface area contributed by atoms with Crippen molar-refractivity contribution in [3.8, 4) is 0 Å². The van der Waals surface area contributed by atoms with Crippen LogP contribution in [0, 0.1) is 17.3 Å². The molecule has 1 heterocycles. The lowest BCUT2D eigenvalue weighted by Crippen LogP contribution is -2.48. The first-order chi connectivity index (χ1) is 6.05. The van der Waals surface area contributed by atoms with Crippen molar-refractivity contribution in [1.29, 1.82) is 0 Å². The summed E-state index contributed by atoms with van der Waals surface area (Å²) in [5, 5.41) is 2.43. The molecular weight excluding hydrogens is 166 g/mol.